The number of benzene rings is 2. The highest BCUT2D eigenvalue weighted by molar-refractivity contribution is 5.69. The fraction of sp³-hybridized carbons (Fsp3) is 0.391. The van der Waals surface area contributed by atoms with E-state index < -0.39 is 11.6 Å². The molecule has 2 aromatic carbocycles. The van der Waals surface area contributed by atoms with Crippen LogP contribution in [-0.2, 0) is 22.6 Å². The second-order valence-electron chi connectivity index (χ2n) is 7.79. The fourth-order valence-electron chi connectivity index (χ4n) is 4.30. The smallest absolute Gasteiger partial charge is 0.408 e. The van der Waals surface area contributed by atoms with Crippen molar-refractivity contribution in [3.63, 3.8) is 0 Å². The van der Waals surface area contributed by atoms with Gasteiger partial charge in [-0.05, 0) is 11.1 Å². The largest absolute Gasteiger partial charge is 0.445 e. The molecular weight excluding hydrogens is 366 g/mol. The normalized spacial score (nSPS) is 26.3. The van der Waals surface area contributed by atoms with Crippen LogP contribution in [0.15, 0.2) is 60.7 Å². The van der Waals surface area contributed by atoms with E-state index in [1.165, 1.54) is 5.56 Å². The van der Waals surface area contributed by atoms with E-state index in [0.717, 1.165) is 12.1 Å². The molecule has 0 aromatic heterocycles. The second-order valence-corrected chi connectivity index (χ2v) is 7.79. The van der Waals surface area contributed by atoms with Gasteiger partial charge < -0.3 is 14.8 Å². The molecule has 2 aliphatic heterocycles. The predicted octanol–water partition coefficient (Wildman–Crippen LogP) is 3.24. The van der Waals surface area contributed by atoms with Gasteiger partial charge in [0.15, 0.2) is 0 Å². The number of ether oxygens (including phenoxy) is 2. The fourth-order valence-corrected chi connectivity index (χ4v) is 4.30. The van der Waals surface area contributed by atoms with Gasteiger partial charge in [-0.25, -0.2) is 4.79 Å². The maximum Gasteiger partial charge on any atom is 0.408 e. The van der Waals surface area contributed by atoms with Gasteiger partial charge >= 0.3 is 6.09 Å². The van der Waals surface area contributed by atoms with Gasteiger partial charge in [0.05, 0.1) is 19.3 Å². The van der Waals surface area contributed by atoms with Crippen LogP contribution in [0.1, 0.15) is 24.0 Å². The SMILES string of the molecule is N#CC1(NC(=O)OCc2ccccc2)CC2COCC(C1)N2Cc1ccccc1. The zero-order valence-electron chi connectivity index (χ0n) is 16.3. The number of nitrogens with zero attached hydrogens (tertiary/aromatic N) is 2. The molecule has 2 heterocycles. The van der Waals surface area contributed by atoms with Crippen molar-refractivity contribution < 1.29 is 14.3 Å². The van der Waals surface area contributed by atoms with Crippen molar-refractivity contribution in [2.24, 2.45) is 0 Å². The number of alkyl carbamates (subject to hydrolysis) is 1. The van der Waals surface area contributed by atoms with Gasteiger partial charge in [-0.2, -0.15) is 5.26 Å². The quantitative estimate of drug-likeness (QED) is 0.847. The third-order valence-corrected chi connectivity index (χ3v) is 5.70. The number of nitrogens with one attached hydrogen (secondary N) is 1. The van der Waals surface area contributed by atoms with Crippen LogP contribution < -0.4 is 5.32 Å². The number of hydrogen-bond acceptors (Lipinski definition) is 5. The summed E-state index contributed by atoms with van der Waals surface area (Å²) in [6, 6.07) is 22.4. The van der Waals surface area contributed by atoms with Crippen LogP contribution in [0, 0.1) is 11.3 Å². The van der Waals surface area contributed by atoms with Gasteiger partial charge in [-0.15, -0.1) is 0 Å². The first-order chi connectivity index (χ1) is 14.2. The van der Waals surface area contributed by atoms with Crippen LogP contribution in [-0.4, -0.2) is 41.8 Å². The molecule has 0 saturated carbocycles. The van der Waals surface area contributed by atoms with Crippen LogP contribution in [0.4, 0.5) is 4.79 Å². The summed E-state index contributed by atoms with van der Waals surface area (Å²) in [6.07, 6.45) is 0.492. The van der Waals surface area contributed by atoms with Crippen molar-refractivity contribution in [2.75, 3.05) is 13.2 Å². The Morgan fingerprint density at radius 1 is 1.07 bits per heavy atom. The Morgan fingerprint density at radius 3 is 2.24 bits per heavy atom. The van der Waals surface area contributed by atoms with E-state index in [0.29, 0.717) is 26.1 Å². The number of nitriles is 1. The van der Waals surface area contributed by atoms with Crippen molar-refractivity contribution >= 4 is 6.09 Å². The lowest BCUT2D eigenvalue weighted by atomic mass is 9.79. The van der Waals surface area contributed by atoms with Crippen LogP contribution >= 0.6 is 0 Å². The van der Waals surface area contributed by atoms with Gasteiger partial charge in [-0.1, -0.05) is 60.7 Å². The maximum absolute atomic E-state index is 12.4. The summed E-state index contributed by atoms with van der Waals surface area (Å²) in [5.74, 6) is 0. The summed E-state index contributed by atoms with van der Waals surface area (Å²) < 4.78 is 11.1. The zero-order chi connectivity index (χ0) is 20.1. The number of carbonyl (C=O) groups excluding carboxylic acids is 1. The predicted molar refractivity (Wildman–Crippen MR) is 108 cm³/mol. The van der Waals surface area contributed by atoms with E-state index in [1.54, 1.807) is 0 Å². The summed E-state index contributed by atoms with van der Waals surface area (Å²) in [5.41, 5.74) is 1.22. The van der Waals surface area contributed by atoms with Gasteiger partial charge in [0.1, 0.15) is 12.1 Å². The number of amides is 1. The van der Waals surface area contributed by atoms with Gasteiger partial charge in [0, 0.05) is 31.5 Å². The molecule has 2 bridgehead atoms. The average molecular weight is 391 g/mol. The Morgan fingerprint density at radius 2 is 1.66 bits per heavy atom. The first-order valence-corrected chi connectivity index (χ1v) is 9.95. The van der Waals surface area contributed by atoms with Crippen molar-refractivity contribution in [1.82, 2.24) is 10.2 Å². The molecule has 2 fully saturated rings. The lowest BCUT2D eigenvalue weighted by Gasteiger charge is -2.51. The maximum atomic E-state index is 12.4. The Labute approximate surface area is 171 Å². The molecule has 2 aromatic rings. The van der Waals surface area contributed by atoms with Gasteiger partial charge in [-0.3, -0.25) is 4.90 Å². The average Bonchev–Trinajstić information content (AvgIpc) is 2.74. The Balaban J connectivity index is 1.41. The summed E-state index contributed by atoms with van der Waals surface area (Å²) in [7, 11) is 0. The molecule has 2 atom stereocenters. The third-order valence-electron chi connectivity index (χ3n) is 5.70. The van der Waals surface area contributed by atoms with Crippen LogP contribution in [0.3, 0.4) is 0 Å². The van der Waals surface area contributed by atoms with Gasteiger partial charge in [0.25, 0.3) is 0 Å². The number of hydrogen-bond donors (Lipinski definition) is 1. The lowest BCUT2D eigenvalue weighted by Crippen LogP contribution is -2.65. The highest BCUT2D eigenvalue weighted by Crippen LogP contribution is 2.35. The van der Waals surface area contributed by atoms with Crippen molar-refractivity contribution in [1.29, 1.82) is 5.26 Å². The molecule has 2 unspecified atom stereocenters. The molecule has 29 heavy (non-hydrogen) atoms. The summed E-state index contributed by atoms with van der Waals surface area (Å²) in [5, 5.41) is 12.8. The summed E-state index contributed by atoms with van der Waals surface area (Å²) >= 11 is 0. The molecule has 6 heteroatoms. The topological polar surface area (TPSA) is 74.6 Å². The molecule has 1 N–H and O–H groups in total. The molecular formula is C23H25N3O3. The molecule has 0 spiro atoms. The molecule has 150 valence electrons. The minimum Gasteiger partial charge on any atom is -0.445 e. The van der Waals surface area contributed by atoms with E-state index >= 15 is 0 Å². The molecule has 0 radical (unpaired) electrons. The van der Waals surface area contributed by atoms with Crippen molar-refractivity contribution in [2.45, 2.75) is 43.6 Å². The number of morpholine rings is 1. The first-order valence-electron chi connectivity index (χ1n) is 9.95. The third kappa shape index (κ3) is 4.58. The Hall–Kier alpha value is -2.88. The molecule has 4 rings (SSSR count). The van der Waals surface area contributed by atoms with E-state index in [2.05, 4.69) is 28.4 Å². The lowest BCUT2D eigenvalue weighted by molar-refractivity contribution is -0.0936. The number of fused-ring (bicyclic) bond motifs is 2. The number of carbonyl (C=O) groups is 1. The highest BCUT2D eigenvalue weighted by atomic mass is 16.5. The van der Waals surface area contributed by atoms with Gasteiger partial charge in [0.2, 0.25) is 0 Å². The van der Waals surface area contributed by atoms with E-state index in [9.17, 15) is 10.1 Å². The molecule has 6 nitrogen and oxygen atoms in total. The summed E-state index contributed by atoms with van der Waals surface area (Å²) in [4.78, 5) is 14.8. The summed E-state index contributed by atoms with van der Waals surface area (Å²) in [6.45, 7) is 2.13. The minimum atomic E-state index is -0.930. The Bertz CT molecular complexity index is 852. The second kappa shape index (κ2) is 8.64. The first kappa shape index (κ1) is 19.4. The zero-order valence-corrected chi connectivity index (χ0v) is 16.3. The van der Waals surface area contributed by atoms with Crippen LogP contribution in [0.25, 0.3) is 0 Å². The van der Waals surface area contributed by atoms with Crippen molar-refractivity contribution in [3.8, 4) is 6.07 Å². The monoisotopic (exact) mass is 391 g/mol. The number of rotatable bonds is 5. The molecule has 1 amide bonds. The molecule has 2 saturated heterocycles. The number of piperidine rings is 1. The van der Waals surface area contributed by atoms with Crippen LogP contribution in [0.5, 0.6) is 0 Å². The molecule has 2 aliphatic rings. The Kier molecular flexibility index (Phi) is 5.79. The standard InChI is InChI=1S/C23H25N3O3/c24-17-23(25-22(27)29-14-19-9-5-2-6-10-19)11-20-15-28-16-21(12-23)26(20)13-18-7-3-1-4-8-18/h1-10,20-21H,11-16H2,(H,25,27). The van der Waals surface area contributed by atoms with E-state index in [-0.39, 0.29) is 18.7 Å². The van der Waals surface area contributed by atoms with E-state index in [4.69, 9.17) is 9.47 Å². The van der Waals surface area contributed by atoms with Crippen LogP contribution in [0.2, 0.25) is 0 Å². The minimum absolute atomic E-state index is 0.0804. The van der Waals surface area contributed by atoms with E-state index in [1.807, 2.05) is 48.5 Å². The van der Waals surface area contributed by atoms with Crippen molar-refractivity contribution in [3.05, 3.63) is 71.8 Å². The highest BCUT2D eigenvalue weighted by Gasteiger charge is 2.48. The molecule has 0 aliphatic carbocycles.